The van der Waals surface area contributed by atoms with E-state index < -0.39 is 5.83 Å². The standard InChI is InChI=1S/C5H5FS/c1-4(2)5(6)3-7/h1H2,2H3. The summed E-state index contributed by atoms with van der Waals surface area (Å²) < 4.78 is 11.9. The van der Waals surface area contributed by atoms with E-state index in [1.807, 2.05) is 5.02 Å². The molecular formula is C5H5FS. The van der Waals surface area contributed by atoms with E-state index in [9.17, 15) is 4.39 Å². The van der Waals surface area contributed by atoms with Crippen LogP contribution in [0, 0.1) is 0 Å². The van der Waals surface area contributed by atoms with Gasteiger partial charge in [0.15, 0.2) is 5.83 Å². The first-order chi connectivity index (χ1) is 3.18. The predicted molar refractivity (Wildman–Crippen MR) is 32.0 cm³/mol. The number of allylic oxidation sites excluding steroid dienone is 2. The summed E-state index contributed by atoms with van der Waals surface area (Å²) in [5, 5.41) is 1.90. The average molecular weight is 116 g/mol. The molecule has 0 saturated carbocycles. The molecule has 0 bridgehead atoms. The fraction of sp³-hybridized carbons (Fsp3) is 0.200. The first-order valence-corrected chi connectivity index (χ1v) is 2.15. The maximum absolute atomic E-state index is 11.9. The van der Waals surface area contributed by atoms with Crippen molar-refractivity contribution in [3.05, 3.63) is 18.0 Å². The monoisotopic (exact) mass is 116 g/mol. The summed E-state index contributed by atoms with van der Waals surface area (Å²) >= 11 is 4.13. The van der Waals surface area contributed by atoms with E-state index in [4.69, 9.17) is 0 Å². The molecule has 0 aliphatic heterocycles. The second kappa shape index (κ2) is 2.67. The number of halogens is 1. The smallest absolute Gasteiger partial charge is 0.178 e. The zero-order valence-corrected chi connectivity index (χ0v) is 4.81. The van der Waals surface area contributed by atoms with Gasteiger partial charge in [0, 0.05) is 0 Å². The van der Waals surface area contributed by atoms with Crippen LogP contribution in [0.15, 0.2) is 18.0 Å². The second-order valence-electron chi connectivity index (χ2n) is 1.20. The van der Waals surface area contributed by atoms with Gasteiger partial charge in [0.2, 0.25) is 0 Å². The van der Waals surface area contributed by atoms with Gasteiger partial charge in [-0.3, -0.25) is 0 Å². The molecule has 2 heteroatoms. The van der Waals surface area contributed by atoms with Crippen LogP contribution in [0.5, 0.6) is 0 Å². The molecule has 0 N–H and O–H groups in total. The highest BCUT2D eigenvalue weighted by atomic mass is 32.1. The maximum Gasteiger partial charge on any atom is 0.178 e. The molecule has 0 aromatic carbocycles. The van der Waals surface area contributed by atoms with Crippen molar-refractivity contribution in [1.29, 1.82) is 0 Å². The maximum atomic E-state index is 11.9. The lowest BCUT2D eigenvalue weighted by Gasteiger charge is -1.82. The Labute approximate surface area is 47.3 Å². The SMILES string of the molecule is C=C(C)C(F)=C=S. The first kappa shape index (κ1) is 6.54. The number of hydrogen-bond acceptors (Lipinski definition) is 1. The first-order valence-electron chi connectivity index (χ1n) is 1.75. The molecule has 0 radical (unpaired) electrons. The summed E-state index contributed by atoms with van der Waals surface area (Å²) in [4.78, 5) is 0. The Hall–Kier alpha value is -0.460. The normalized spacial score (nSPS) is 7.14. The van der Waals surface area contributed by atoms with Crippen LogP contribution < -0.4 is 0 Å². The van der Waals surface area contributed by atoms with Gasteiger partial charge in [-0.25, -0.2) is 0 Å². The van der Waals surface area contributed by atoms with Crippen molar-refractivity contribution in [3.63, 3.8) is 0 Å². The van der Waals surface area contributed by atoms with E-state index in [1.165, 1.54) is 6.92 Å². The molecule has 0 aliphatic carbocycles. The Morgan fingerprint density at radius 3 is 2.29 bits per heavy atom. The Morgan fingerprint density at radius 1 is 1.86 bits per heavy atom. The molecule has 38 valence electrons. The van der Waals surface area contributed by atoms with Gasteiger partial charge in [-0.05, 0) is 29.7 Å². The molecular weight excluding hydrogens is 111 g/mol. The quantitative estimate of drug-likeness (QED) is 0.373. The molecule has 0 amide bonds. The Kier molecular flexibility index (Phi) is 2.49. The molecule has 0 nitrogen and oxygen atoms in total. The zero-order chi connectivity index (χ0) is 5.86. The minimum atomic E-state index is -0.532. The van der Waals surface area contributed by atoms with E-state index in [1.54, 1.807) is 0 Å². The fourth-order valence-electron chi connectivity index (χ4n) is 0.0871. The van der Waals surface area contributed by atoms with Crippen molar-refractivity contribution in [3.8, 4) is 0 Å². The van der Waals surface area contributed by atoms with Crippen LogP contribution in [0.25, 0.3) is 0 Å². The van der Waals surface area contributed by atoms with Crippen molar-refractivity contribution in [2.75, 3.05) is 0 Å². The predicted octanol–water partition coefficient (Wildman–Crippen LogP) is 2.01. The lowest BCUT2D eigenvalue weighted by atomic mass is 10.3. The Balaban J connectivity index is 4.10. The summed E-state index contributed by atoms with van der Waals surface area (Å²) in [5.74, 6) is -0.532. The molecule has 0 aromatic rings. The van der Waals surface area contributed by atoms with E-state index in [2.05, 4.69) is 18.8 Å². The van der Waals surface area contributed by atoms with Crippen molar-refractivity contribution < 1.29 is 4.39 Å². The lowest BCUT2D eigenvalue weighted by Crippen LogP contribution is -1.70. The van der Waals surface area contributed by atoms with Gasteiger partial charge in [-0.15, -0.1) is 0 Å². The van der Waals surface area contributed by atoms with Crippen molar-refractivity contribution in [2.24, 2.45) is 0 Å². The highest BCUT2D eigenvalue weighted by Crippen LogP contribution is 2.01. The van der Waals surface area contributed by atoms with Crippen molar-refractivity contribution >= 4 is 17.2 Å². The molecule has 0 spiro atoms. The minimum Gasteiger partial charge on any atom is -0.197 e. The Bertz CT molecular complexity index is 131. The van der Waals surface area contributed by atoms with Crippen LogP contribution in [0.2, 0.25) is 0 Å². The topological polar surface area (TPSA) is 0 Å². The third-order valence-electron chi connectivity index (χ3n) is 0.464. The molecule has 0 unspecified atom stereocenters. The highest BCUT2D eigenvalue weighted by molar-refractivity contribution is 7.78. The fourth-order valence-corrected chi connectivity index (χ4v) is 0.261. The lowest BCUT2D eigenvalue weighted by molar-refractivity contribution is 0.666. The van der Waals surface area contributed by atoms with Gasteiger partial charge in [0.1, 0.15) is 0 Å². The van der Waals surface area contributed by atoms with E-state index in [0.717, 1.165) is 0 Å². The highest BCUT2D eigenvalue weighted by Gasteiger charge is 1.88. The van der Waals surface area contributed by atoms with Crippen LogP contribution in [0.3, 0.4) is 0 Å². The third kappa shape index (κ3) is 2.26. The van der Waals surface area contributed by atoms with Crippen LogP contribution in [0.1, 0.15) is 6.92 Å². The van der Waals surface area contributed by atoms with Crippen LogP contribution in [-0.4, -0.2) is 5.02 Å². The molecule has 7 heavy (non-hydrogen) atoms. The summed E-state index contributed by atoms with van der Waals surface area (Å²) in [6.45, 7) is 4.82. The zero-order valence-electron chi connectivity index (χ0n) is 3.99. The largest absolute Gasteiger partial charge is 0.197 e. The molecule has 0 aromatic heterocycles. The van der Waals surface area contributed by atoms with Crippen LogP contribution in [0.4, 0.5) is 4.39 Å². The third-order valence-corrected chi connectivity index (χ3v) is 0.644. The number of rotatable bonds is 1. The summed E-state index contributed by atoms with van der Waals surface area (Å²) in [6, 6.07) is 0. The van der Waals surface area contributed by atoms with Gasteiger partial charge < -0.3 is 0 Å². The molecule has 0 atom stereocenters. The van der Waals surface area contributed by atoms with E-state index in [-0.39, 0.29) is 0 Å². The van der Waals surface area contributed by atoms with Crippen LogP contribution >= 0.6 is 12.2 Å². The van der Waals surface area contributed by atoms with Crippen molar-refractivity contribution in [2.45, 2.75) is 6.92 Å². The molecule has 0 heterocycles. The summed E-state index contributed by atoms with van der Waals surface area (Å²) in [5.41, 5.74) is 0.329. The van der Waals surface area contributed by atoms with Gasteiger partial charge in [-0.2, -0.15) is 4.39 Å². The summed E-state index contributed by atoms with van der Waals surface area (Å²) in [6.07, 6.45) is 0. The number of hydrogen-bond donors (Lipinski definition) is 0. The van der Waals surface area contributed by atoms with Crippen molar-refractivity contribution in [1.82, 2.24) is 0 Å². The average Bonchev–Trinajstić information content (AvgIpc) is 1.65. The van der Waals surface area contributed by atoms with E-state index >= 15 is 0 Å². The van der Waals surface area contributed by atoms with Gasteiger partial charge in [0.05, 0.1) is 0 Å². The summed E-state index contributed by atoms with van der Waals surface area (Å²) in [7, 11) is 0. The molecule has 0 fully saturated rings. The van der Waals surface area contributed by atoms with Gasteiger partial charge in [0.25, 0.3) is 0 Å². The molecule has 0 saturated heterocycles. The van der Waals surface area contributed by atoms with Gasteiger partial charge in [-0.1, -0.05) is 6.58 Å². The minimum absolute atomic E-state index is 0.329. The van der Waals surface area contributed by atoms with Crippen LogP contribution in [-0.2, 0) is 0 Å². The van der Waals surface area contributed by atoms with E-state index in [0.29, 0.717) is 5.57 Å². The number of thiocarbonyl (C=S) groups is 1. The van der Waals surface area contributed by atoms with Gasteiger partial charge >= 0.3 is 0 Å². The molecule has 0 aliphatic rings. The second-order valence-corrected chi connectivity index (χ2v) is 1.40. The Morgan fingerprint density at radius 2 is 2.29 bits per heavy atom. The molecule has 0 rings (SSSR count).